The number of halogens is 3. The smallest absolute Gasteiger partial charge is 0.173 e. The van der Waals surface area contributed by atoms with Crippen LogP contribution in [0.15, 0.2) is 65.8 Å². The van der Waals surface area contributed by atoms with Gasteiger partial charge in [0.15, 0.2) is 16.7 Å². The summed E-state index contributed by atoms with van der Waals surface area (Å²) in [5.41, 5.74) is 5.08. The number of hydrogen-bond donors (Lipinski definition) is 0. The zero-order valence-electron chi connectivity index (χ0n) is 19.5. The Morgan fingerprint density at radius 2 is 1.77 bits per heavy atom. The van der Waals surface area contributed by atoms with Crippen LogP contribution in [0.3, 0.4) is 0 Å². The van der Waals surface area contributed by atoms with E-state index in [0.717, 1.165) is 30.7 Å². The molecule has 0 N–H and O–H groups in total. The Labute approximate surface area is 207 Å². The first-order chi connectivity index (χ1) is 17.0. The lowest BCUT2D eigenvalue weighted by Crippen LogP contribution is -2.15. The van der Waals surface area contributed by atoms with Crippen LogP contribution in [0, 0.1) is 24.4 Å². The maximum atomic E-state index is 14.3. The number of methoxy groups -OCH3 is 1. The second kappa shape index (κ2) is 9.82. The molecule has 5 rings (SSSR count). The normalized spacial score (nSPS) is 15.2. The topological polar surface area (TPSA) is 27.1 Å². The molecular weight excluding hydrogens is 469 g/mol. The van der Waals surface area contributed by atoms with Gasteiger partial charge in [0.1, 0.15) is 11.6 Å². The van der Waals surface area contributed by atoms with Crippen molar-refractivity contribution in [1.29, 1.82) is 0 Å². The third-order valence-corrected chi connectivity index (χ3v) is 7.40. The molecule has 1 unspecified atom stereocenters. The van der Waals surface area contributed by atoms with E-state index >= 15 is 0 Å². The molecule has 1 aliphatic rings. The molecular formula is C28H25F3N2OS. The number of nitrogens with zero attached hydrogens (tertiary/aromatic N) is 2. The summed E-state index contributed by atoms with van der Waals surface area (Å²) in [6, 6.07) is 17.0. The van der Waals surface area contributed by atoms with Crippen LogP contribution in [0.25, 0.3) is 5.69 Å². The molecule has 0 aliphatic heterocycles. The molecule has 1 aromatic heterocycles. The third kappa shape index (κ3) is 4.57. The van der Waals surface area contributed by atoms with Crippen molar-refractivity contribution in [2.24, 2.45) is 0 Å². The van der Waals surface area contributed by atoms with Crippen molar-refractivity contribution in [3.63, 3.8) is 0 Å². The van der Waals surface area contributed by atoms with Gasteiger partial charge in [-0.1, -0.05) is 47.7 Å². The van der Waals surface area contributed by atoms with Crippen LogP contribution in [0.2, 0.25) is 0 Å². The van der Waals surface area contributed by atoms with Crippen molar-refractivity contribution in [2.45, 2.75) is 43.0 Å². The lowest BCUT2D eigenvalue weighted by atomic mass is 9.84. The van der Waals surface area contributed by atoms with Gasteiger partial charge in [-0.2, -0.15) is 0 Å². The van der Waals surface area contributed by atoms with E-state index in [1.807, 2.05) is 4.57 Å². The fourth-order valence-electron chi connectivity index (χ4n) is 4.76. The van der Waals surface area contributed by atoms with Crippen LogP contribution in [0.1, 0.15) is 46.8 Å². The molecule has 0 amide bonds. The van der Waals surface area contributed by atoms with Crippen LogP contribution in [-0.2, 0) is 12.2 Å². The molecule has 0 saturated carbocycles. The van der Waals surface area contributed by atoms with Crippen molar-refractivity contribution in [2.75, 3.05) is 7.11 Å². The largest absolute Gasteiger partial charge is 0.494 e. The number of thioether (sulfide) groups is 1. The van der Waals surface area contributed by atoms with E-state index in [1.165, 1.54) is 54.3 Å². The summed E-state index contributed by atoms with van der Waals surface area (Å²) in [4.78, 5) is 4.92. The number of aryl methyl sites for hydroxylation is 2. The average molecular weight is 495 g/mol. The van der Waals surface area contributed by atoms with Crippen molar-refractivity contribution < 1.29 is 17.9 Å². The lowest BCUT2D eigenvalue weighted by Gasteiger charge is -2.25. The molecule has 7 heteroatoms. The minimum atomic E-state index is -0.582. The zero-order valence-corrected chi connectivity index (χ0v) is 20.3. The standard InChI is InChI=1S/C28H25F3N2OS/c1-17-6-3-7-18(14-17)20-8-4-11-25-27(20)33(19-12-13-24(31)26(15-19)34-2)28(32-25)35-16-21-22(29)9-5-10-23(21)30/h3,5-7,9-10,12-15,20H,4,8,11,16H2,1-2H3. The van der Waals surface area contributed by atoms with Gasteiger partial charge in [-0.3, -0.25) is 4.57 Å². The van der Waals surface area contributed by atoms with Crippen molar-refractivity contribution >= 4 is 11.8 Å². The summed E-state index contributed by atoms with van der Waals surface area (Å²) in [5, 5.41) is 0.617. The molecule has 1 atom stereocenters. The number of benzene rings is 3. The highest BCUT2D eigenvalue weighted by molar-refractivity contribution is 7.98. The molecule has 180 valence electrons. The summed E-state index contributed by atoms with van der Waals surface area (Å²) in [7, 11) is 1.43. The van der Waals surface area contributed by atoms with Crippen LogP contribution >= 0.6 is 11.8 Å². The first-order valence-corrected chi connectivity index (χ1v) is 12.5. The highest BCUT2D eigenvalue weighted by Crippen LogP contribution is 2.42. The maximum absolute atomic E-state index is 14.3. The SMILES string of the molecule is COc1cc(-n2c(SCc3c(F)cccc3F)nc3c2C(c2cccc(C)c2)CCC3)ccc1F. The third-order valence-electron chi connectivity index (χ3n) is 6.44. The van der Waals surface area contributed by atoms with E-state index in [0.29, 0.717) is 10.8 Å². The molecule has 3 nitrogen and oxygen atoms in total. The minimum absolute atomic E-state index is 0.0111. The number of ether oxygens (including phenoxy) is 1. The summed E-state index contributed by atoms with van der Waals surface area (Å²) >= 11 is 1.27. The van der Waals surface area contributed by atoms with E-state index in [1.54, 1.807) is 12.1 Å². The van der Waals surface area contributed by atoms with Gasteiger partial charge in [-0.25, -0.2) is 18.2 Å². The van der Waals surface area contributed by atoms with Gasteiger partial charge < -0.3 is 4.74 Å². The van der Waals surface area contributed by atoms with Crippen molar-refractivity contribution in [3.8, 4) is 11.4 Å². The second-order valence-corrected chi connectivity index (χ2v) is 9.67. The Kier molecular flexibility index (Phi) is 6.60. The molecule has 1 heterocycles. The van der Waals surface area contributed by atoms with Gasteiger partial charge >= 0.3 is 0 Å². The van der Waals surface area contributed by atoms with Gasteiger partial charge in [0.2, 0.25) is 0 Å². The number of rotatable bonds is 6. The molecule has 1 aliphatic carbocycles. The fourth-order valence-corrected chi connectivity index (χ4v) is 5.82. The zero-order chi connectivity index (χ0) is 24.5. The highest BCUT2D eigenvalue weighted by Gasteiger charge is 2.30. The summed E-state index contributed by atoms with van der Waals surface area (Å²) in [5.74, 6) is -1.31. The van der Waals surface area contributed by atoms with Crippen LogP contribution in [0.4, 0.5) is 13.2 Å². The highest BCUT2D eigenvalue weighted by atomic mass is 32.2. The van der Waals surface area contributed by atoms with Gasteiger partial charge in [0, 0.05) is 23.3 Å². The molecule has 4 aromatic rings. The monoisotopic (exact) mass is 494 g/mol. The maximum Gasteiger partial charge on any atom is 0.173 e. The minimum Gasteiger partial charge on any atom is -0.494 e. The first kappa shape index (κ1) is 23.5. The van der Waals surface area contributed by atoms with E-state index in [2.05, 4.69) is 31.2 Å². The Balaban J connectivity index is 1.65. The van der Waals surface area contributed by atoms with E-state index in [4.69, 9.17) is 9.72 Å². The lowest BCUT2D eigenvalue weighted by molar-refractivity contribution is 0.386. The van der Waals surface area contributed by atoms with Gasteiger partial charge in [-0.15, -0.1) is 0 Å². The molecule has 0 fully saturated rings. The first-order valence-electron chi connectivity index (χ1n) is 11.5. The van der Waals surface area contributed by atoms with Crippen molar-refractivity contribution in [3.05, 3.63) is 106 Å². The Bertz CT molecular complexity index is 1360. The Morgan fingerprint density at radius 3 is 2.51 bits per heavy atom. The van der Waals surface area contributed by atoms with E-state index < -0.39 is 17.5 Å². The summed E-state index contributed by atoms with van der Waals surface area (Å²) in [6.45, 7) is 2.07. The summed E-state index contributed by atoms with van der Waals surface area (Å²) < 4.78 is 50.2. The number of aromatic nitrogens is 2. The quantitative estimate of drug-likeness (QED) is 0.262. The molecule has 0 radical (unpaired) electrons. The molecule has 0 bridgehead atoms. The molecule has 0 saturated heterocycles. The Morgan fingerprint density at radius 1 is 1.00 bits per heavy atom. The van der Waals surface area contributed by atoms with Crippen molar-refractivity contribution in [1.82, 2.24) is 9.55 Å². The van der Waals surface area contributed by atoms with E-state index in [-0.39, 0.29) is 23.0 Å². The number of fused-ring (bicyclic) bond motifs is 1. The number of imidazole rings is 1. The van der Waals surface area contributed by atoms with Gasteiger partial charge in [0.05, 0.1) is 24.2 Å². The molecule has 0 spiro atoms. The van der Waals surface area contributed by atoms with Gasteiger partial charge in [0.25, 0.3) is 0 Å². The molecule has 35 heavy (non-hydrogen) atoms. The second-order valence-electron chi connectivity index (χ2n) is 8.73. The van der Waals surface area contributed by atoms with Crippen LogP contribution < -0.4 is 4.74 Å². The van der Waals surface area contributed by atoms with Crippen LogP contribution in [0.5, 0.6) is 5.75 Å². The van der Waals surface area contributed by atoms with E-state index in [9.17, 15) is 13.2 Å². The van der Waals surface area contributed by atoms with Crippen LogP contribution in [-0.4, -0.2) is 16.7 Å². The number of hydrogen-bond acceptors (Lipinski definition) is 3. The van der Waals surface area contributed by atoms with Gasteiger partial charge in [-0.05, 0) is 56.0 Å². The average Bonchev–Trinajstić information content (AvgIpc) is 3.22. The predicted octanol–water partition coefficient (Wildman–Crippen LogP) is 7.37. The predicted molar refractivity (Wildman–Crippen MR) is 132 cm³/mol. The fraction of sp³-hybridized carbons (Fsp3) is 0.250. The molecule has 3 aromatic carbocycles. The Hall–Kier alpha value is -3.19. The summed E-state index contributed by atoms with van der Waals surface area (Å²) in [6.07, 6.45) is 2.75.